The number of unbranched alkanes of at least 4 members (excludes halogenated alkanes) is 1. The van der Waals surface area contributed by atoms with E-state index in [0.717, 1.165) is 17.7 Å². The molecule has 1 aromatic carbocycles. The summed E-state index contributed by atoms with van der Waals surface area (Å²) in [6.07, 6.45) is 9.69. The number of carboxylic acids is 1. The van der Waals surface area contributed by atoms with Crippen LogP contribution in [0.25, 0.3) is 6.08 Å². The van der Waals surface area contributed by atoms with Gasteiger partial charge in [-0.3, -0.25) is 0 Å². The quantitative estimate of drug-likeness (QED) is 0.797. The van der Waals surface area contributed by atoms with E-state index in [0.29, 0.717) is 5.92 Å². The first-order valence-electron chi connectivity index (χ1n) is 9.56. The molecule has 0 radical (unpaired) electrons. The number of para-hydroxylation sites is 1. The number of rotatable bonds is 6. The van der Waals surface area contributed by atoms with Crippen LogP contribution in [-0.2, 0) is 11.2 Å². The third-order valence-corrected chi connectivity index (χ3v) is 5.66. The van der Waals surface area contributed by atoms with Gasteiger partial charge in [-0.2, -0.15) is 0 Å². The van der Waals surface area contributed by atoms with Crippen LogP contribution < -0.4 is 10.0 Å². The second kappa shape index (κ2) is 8.05. The molecule has 0 bridgehead atoms. The second-order valence-electron chi connectivity index (χ2n) is 7.43. The number of fused-ring (bicyclic) bond motifs is 1. The van der Waals surface area contributed by atoms with Gasteiger partial charge >= 0.3 is 0 Å². The van der Waals surface area contributed by atoms with Crippen LogP contribution in [0, 0.1) is 5.92 Å². The van der Waals surface area contributed by atoms with Gasteiger partial charge in [0.25, 0.3) is 0 Å². The number of anilines is 1. The average molecular weight is 341 g/mol. The Morgan fingerprint density at radius 3 is 2.72 bits per heavy atom. The highest BCUT2D eigenvalue weighted by Gasteiger charge is 2.25. The van der Waals surface area contributed by atoms with Crippen LogP contribution in [0.2, 0.25) is 0 Å². The molecule has 0 aliphatic carbocycles. The summed E-state index contributed by atoms with van der Waals surface area (Å²) >= 11 is 0. The van der Waals surface area contributed by atoms with E-state index in [1.54, 1.807) is 6.08 Å². The lowest BCUT2D eigenvalue weighted by Crippen LogP contribution is -2.47. The number of nitrogens with zero attached hydrogens (tertiary/aromatic N) is 2. The summed E-state index contributed by atoms with van der Waals surface area (Å²) in [5.74, 6) is -0.353. The number of hydrogen-bond acceptors (Lipinski definition) is 4. The minimum absolute atomic E-state index is 0.676. The average Bonchev–Trinajstić information content (AvgIpc) is 2.61. The summed E-state index contributed by atoms with van der Waals surface area (Å²) in [6.45, 7) is 5.86. The van der Waals surface area contributed by atoms with Gasteiger partial charge in [-0.1, -0.05) is 43.7 Å². The fourth-order valence-electron chi connectivity index (χ4n) is 4.15. The maximum Gasteiger partial charge on any atom is 0.0871 e. The topological polar surface area (TPSA) is 46.6 Å². The zero-order valence-electron chi connectivity index (χ0n) is 15.4. The van der Waals surface area contributed by atoms with Crippen LogP contribution in [0.15, 0.2) is 24.3 Å². The number of carbonyl (C=O) groups is 1. The number of piperidine rings is 1. The fourth-order valence-corrected chi connectivity index (χ4v) is 4.15. The van der Waals surface area contributed by atoms with E-state index in [9.17, 15) is 9.90 Å². The zero-order valence-corrected chi connectivity index (χ0v) is 15.4. The summed E-state index contributed by atoms with van der Waals surface area (Å²) in [4.78, 5) is 15.8. The Morgan fingerprint density at radius 2 is 2.04 bits per heavy atom. The van der Waals surface area contributed by atoms with Gasteiger partial charge in [-0.15, -0.1) is 0 Å². The van der Waals surface area contributed by atoms with Gasteiger partial charge < -0.3 is 19.7 Å². The molecule has 2 heterocycles. The molecule has 1 atom stereocenters. The van der Waals surface area contributed by atoms with Crippen LogP contribution in [-0.4, -0.2) is 43.6 Å². The summed E-state index contributed by atoms with van der Waals surface area (Å²) < 4.78 is 0. The predicted molar refractivity (Wildman–Crippen MR) is 100 cm³/mol. The molecule has 25 heavy (non-hydrogen) atoms. The molecule has 0 N–H and O–H groups in total. The fraction of sp³-hybridized carbons (Fsp3) is 0.571. The Labute approximate surface area is 151 Å². The van der Waals surface area contributed by atoms with Crippen molar-refractivity contribution in [1.29, 1.82) is 0 Å². The summed E-state index contributed by atoms with van der Waals surface area (Å²) in [5.41, 5.74) is 3.44. The molecule has 1 aromatic rings. The first-order valence-corrected chi connectivity index (χ1v) is 9.56. The third kappa shape index (κ3) is 4.06. The van der Waals surface area contributed by atoms with E-state index >= 15 is 0 Å². The Bertz CT molecular complexity index is 633. The molecule has 136 valence electrons. The standard InChI is InChI=1S/C21H30N2O2/c1-3-4-12-23-13-10-16(11-14-23)15-18-7-5-6-17-8-9-19(21(24)25)22(2)20(17)18/h5-9,16,19H,3-4,10-15H2,1-2H3,(H,24,25)/p-1. The minimum Gasteiger partial charge on any atom is -0.548 e. The number of carbonyl (C=O) groups excluding carboxylic acids is 1. The highest BCUT2D eigenvalue weighted by molar-refractivity contribution is 5.86. The number of hydrogen-bond donors (Lipinski definition) is 0. The van der Waals surface area contributed by atoms with Crippen molar-refractivity contribution < 1.29 is 9.90 Å². The minimum atomic E-state index is -1.04. The molecule has 0 spiro atoms. The monoisotopic (exact) mass is 341 g/mol. The Hall–Kier alpha value is -1.81. The Morgan fingerprint density at radius 1 is 1.28 bits per heavy atom. The Balaban J connectivity index is 1.69. The smallest absolute Gasteiger partial charge is 0.0871 e. The number of carboxylic acid groups (broad SMARTS) is 1. The Kier molecular flexibility index (Phi) is 5.79. The molecule has 3 rings (SSSR count). The number of aliphatic carboxylic acids is 1. The molecule has 2 aliphatic heterocycles. The number of likely N-dealkylation sites (tertiary alicyclic amines) is 1. The van der Waals surface area contributed by atoms with E-state index in [1.807, 2.05) is 18.0 Å². The number of benzene rings is 1. The zero-order chi connectivity index (χ0) is 17.8. The van der Waals surface area contributed by atoms with Crippen molar-refractivity contribution in [3.8, 4) is 0 Å². The largest absolute Gasteiger partial charge is 0.548 e. The molecule has 0 amide bonds. The molecular weight excluding hydrogens is 312 g/mol. The summed E-state index contributed by atoms with van der Waals surface area (Å²) in [5, 5.41) is 11.4. The second-order valence-corrected chi connectivity index (χ2v) is 7.43. The van der Waals surface area contributed by atoms with Gasteiger partial charge in [0.05, 0.1) is 12.0 Å². The van der Waals surface area contributed by atoms with Gasteiger partial charge in [0.1, 0.15) is 0 Å². The molecule has 2 aliphatic rings. The van der Waals surface area contributed by atoms with Crippen molar-refractivity contribution in [1.82, 2.24) is 4.90 Å². The normalized spacial score (nSPS) is 21.4. The maximum absolute atomic E-state index is 11.4. The lowest BCUT2D eigenvalue weighted by molar-refractivity contribution is -0.306. The highest BCUT2D eigenvalue weighted by atomic mass is 16.4. The maximum atomic E-state index is 11.4. The lowest BCUT2D eigenvalue weighted by atomic mass is 9.87. The van der Waals surface area contributed by atoms with Gasteiger partial charge in [0.2, 0.25) is 0 Å². The number of likely N-dealkylation sites (N-methyl/N-ethyl adjacent to an activating group) is 1. The molecule has 1 unspecified atom stereocenters. The van der Waals surface area contributed by atoms with Crippen LogP contribution >= 0.6 is 0 Å². The van der Waals surface area contributed by atoms with Gasteiger partial charge in [-0.25, -0.2) is 0 Å². The molecule has 4 heteroatoms. The van der Waals surface area contributed by atoms with Crippen molar-refractivity contribution in [3.63, 3.8) is 0 Å². The molecule has 1 saturated heterocycles. The van der Waals surface area contributed by atoms with Crippen LogP contribution in [0.4, 0.5) is 5.69 Å². The molecule has 0 saturated carbocycles. The van der Waals surface area contributed by atoms with Gasteiger partial charge in [-0.05, 0) is 62.4 Å². The van der Waals surface area contributed by atoms with Crippen LogP contribution in [0.3, 0.4) is 0 Å². The van der Waals surface area contributed by atoms with Crippen molar-refractivity contribution in [2.24, 2.45) is 5.92 Å². The van der Waals surface area contributed by atoms with E-state index in [1.165, 1.54) is 50.9 Å². The molecule has 1 fully saturated rings. The van der Waals surface area contributed by atoms with Gasteiger partial charge in [0.15, 0.2) is 0 Å². The van der Waals surface area contributed by atoms with E-state index in [-0.39, 0.29) is 0 Å². The van der Waals surface area contributed by atoms with Crippen molar-refractivity contribution in [2.45, 2.75) is 45.1 Å². The first-order chi connectivity index (χ1) is 12.1. The SMILES string of the molecule is CCCCN1CCC(Cc2cccc3c2N(C)C(C(=O)[O-])C=C3)CC1. The first kappa shape index (κ1) is 18.0. The molecule has 4 nitrogen and oxygen atoms in total. The van der Waals surface area contributed by atoms with E-state index in [4.69, 9.17) is 0 Å². The summed E-state index contributed by atoms with van der Waals surface area (Å²) in [6, 6.07) is 5.63. The third-order valence-electron chi connectivity index (χ3n) is 5.66. The summed E-state index contributed by atoms with van der Waals surface area (Å²) in [7, 11) is 1.86. The van der Waals surface area contributed by atoms with Crippen molar-refractivity contribution in [3.05, 3.63) is 35.4 Å². The lowest BCUT2D eigenvalue weighted by Gasteiger charge is -2.36. The van der Waals surface area contributed by atoms with E-state index < -0.39 is 12.0 Å². The van der Waals surface area contributed by atoms with Crippen molar-refractivity contribution in [2.75, 3.05) is 31.6 Å². The van der Waals surface area contributed by atoms with E-state index in [2.05, 4.69) is 30.0 Å². The van der Waals surface area contributed by atoms with Crippen LogP contribution in [0.1, 0.15) is 43.7 Å². The van der Waals surface area contributed by atoms with Crippen molar-refractivity contribution >= 4 is 17.7 Å². The highest BCUT2D eigenvalue weighted by Crippen LogP contribution is 2.34. The molecular formula is C21H29N2O2-. The molecule has 0 aromatic heterocycles. The van der Waals surface area contributed by atoms with Gasteiger partial charge in [0, 0.05) is 12.7 Å². The van der Waals surface area contributed by atoms with Crippen LogP contribution in [0.5, 0.6) is 0 Å². The predicted octanol–water partition coefficient (Wildman–Crippen LogP) is 2.32.